The van der Waals surface area contributed by atoms with E-state index >= 15 is 0 Å². The second-order valence-corrected chi connectivity index (χ2v) is 9.17. The molecule has 1 heterocycles. The fraction of sp³-hybridized carbons (Fsp3) is 0.524. The topological polar surface area (TPSA) is 67.4 Å². The van der Waals surface area contributed by atoms with Gasteiger partial charge in [-0.25, -0.2) is 0 Å². The zero-order valence-electron chi connectivity index (χ0n) is 16.6. The van der Waals surface area contributed by atoms with E-state index in [-0.39, 0.29) is 28.6 Å². The van der Waals surface area contributed by atoms with Gasteiger partial charge >= 0.3 is 0 Å². The average Bonchev–Trinajstić information content (AvgIpc) is 2.88. The van der Waals surface area contributed by atoms with Crippen LogP contribution in [-0.2, 0) is 9.53 Å². The van der Waals surface area contributed by atoms with Gasteiger partial charge in [0, 0.05) is 29.2 Å². The summed E-state index contributed by atoms with van der Waals surface area (Å²) >= 11 is 1.45. The Morgan fingerprint density at radius 2 is 1.81 bits per heavy atom. The monoisotopic (exact) mass is 388 g/mol. The number of ether oxygens (including phenoxy) is 1. The van der Waals surface area contributed by atoms with Gasteiger partial charge in [-0.2, -0.15) is 0 Å². The molecule has 27 heavy (non-hydrogen) atoms. The highest BCUT2D eigenvalue weighted by Crippen LogP contribution is 2.68. The normalized spacial score (nSPS) is 17.7. The third-order valence-electron chi connectivity index (χ3n) is 6.08. The van der Waals surface area contributed by atoms with Crippen LogP contribution in [0.3, 0.4) is 0 Å². The smallest absolute Gasteiger partial charge is 0.255 e. The molecule has 146 valence electrons. The number of anilines is 1. The van der Waals surface area contributed by atoms with Crippen LogP contribution in [0.1, 0.15) is 45.0 Å². The molecule has 1 aliphatic carbocycles. The van der Waals surface area contributed by atoms with Gasteiger partial charge in [-0.05, 0) is 23.8 Å². The highest BCUT2D eigenvalue weighted by molar-refractivity contribution is 7.23. The van der Waals surface area contributed by atoms with E-state index in [0.29, 0.717) is 30.3 Å². The fourth-order valence-electron chi connectivity index (χ4n) is 3.86. The predicted octanol–water partition coefficient (Wildman–Crippen LogP) is 4.29. The molecule has 0 atom stereocenters. The highest BCUT2D eigenvalue weighted by atomic mass is 32.1. The van der Waals surface area contributed by atoms with E-state index in [1.807, 2.05) is 31.2 Å². The van der Waals surface area contributed by atoms with E-state index in [9.17, 15) is 9.59 Å². The van der Waals surface area contributed by atoms with Gasteiger partial charge in [0.05, 0.1) is 12.2 Å². The first kappa shape index (κ1) is 19.8. The van der Waals surface area contributed by atoms with E-state index in [4.69, 9.17) is 4.74 Å². The molecule has 1 aromatic carbocycles. The molecule has 0 radical (unpaired) electrons. The molecule has 0 bridgehead atoms. The zero-order valence-corrected chi connectivity index (χ0v) is 17.5. The molecule has 1 aliphatic rings. The maximum absolute atomic E-state index is 12.9. The van der Waals surface area contributed by atoms with E-state index in [2.05, 4.69) is 38.3 Å². The van der Waals surface area contributed by atoms with Crippen molar-refractivity contribution in [3.05, 3.63) is 29.8 Å². The Labute approximate surface area is 164 Å². The summed E-state index contributed by atoms with van der Waals surface area (Å²) in [6.45, 7) is 11.9. The van der Waals surface area contributed by atoms with Crippen molar-refractivity contribution in [1.82, 2.24) is 5.32 Å². The van der Waals surface area contributed by atoms with Gasteiger partial charge in [-0.15, -0.1) is 11.3 Å². The standard InChI is InChI=1S/C21H28N2O3S/c1-6-26-12-11-22-17(24)15-13-9-7-8-10-14(13)27-19(15)23-18(25)16-20(2,3)21(16,4)5/h7-10,16H,6,11-12H2,1-5H3,(H,22,24)(H,23,25). The van der Waals surface area contributed by atoms with Crippen LogP contribution in [0, 0.1) is 16.7 Å². The number of thiophene rings is 1. The number of hydrogen-bond acceptors (Lipinski definition) is 4. The van der Waals surface area contributed by atoms with Crippen molar-refractivity contribution in [2.45, 2.75) is 34.6 Å². The van der Waals surface area contributed by atoms with E-state index < -0.39 is 0 Å². The number of carbonyl (C=O) groups excluding carboxylic acids is 2. The van der Waals surface area contributed by atoms with Gasteiger partial charge in [-0.1, -0.05) is 45.9 Å². The van der Waals surface area contributed by atoms with Crippen molar-refractivity contribution >= 4 is 38.2 Å². The molecule has 0 aliphatic heterocycles. The van der Waals surface area contributed by atoms with E-state index in [0.717, 1.165) is 10.1 Å². The Balaban J connectivity index is 1.85. The number of nitrogens with one attached hydrogen (secondary N) is 2. The summed E-state index contributed by atoms with van der Waals surface area (Å²) < 4.78 is 6.27. The fourth-order valence-corrected chi connectivity index (χ4v) is 4.97. The van der Waals surface area contributed by atoms with Gasteiger partial charge in [0.25, 0.3) is 5.91 Å². The molecule has 0 spiro atoms. The van der Waals surface area contributed by atoms with Gasteiger partial charge < -0.3 is 15.4 Å². The maximum Gasteiger partial charge on any atom is 0.255 e. The molecule has 3 rings (SSSR count). The third-order valence-corrected chi connectivity index (χ3v) is 7.16. The Morgan fingerprint density at radius 1 is 1.15 bits per heavy atom. The van der Waals surface area contributed by atoms with Crippen LogP contribution in [0.15, 0.2) is 24.3 Å². The van der Waals surface area contributed by atoms with Crippen LogP contribution in [-0.4, -0.2) is 31.6 Å². The summed E-state index contributed by atoms with van der Waals surface area (Å²) in [4.78, 5) is 25.7. The first-order chi connectivity index (χ1) is 12.7. The number of rotatable bonds is 7. The molecule has 0 unspecified atom stereocenters. The number of fused-ring (bicyclic) bond motifs is 1. The van der Waals surface area contributed by atoms with Crippen LogP contribution in [0.2, 0.25) is 0 Å². The van der Waals surface area contributed by atoms with Crippen molar-refractivity contribution in [3.63, 3.8) is 0 Å². The van der Waals surface area contributed by atoms with E-state index in [1.165, 1.54) is 11.3 Å². The van der Waals surface area contributed by atoms with Crippen molar-refractivity contribution < 1.29 is 14.3 Å². The molecular formula is C21H28N2O3S. The molecular weight excluding hydrogens is 360 g/mol. The minimum Gasteiger partial charge on any atom is -0.380 e. The summed E-state index contributed by atoms with van der Waals surface area (Å²) in [5.41, 5.74) is 0.443. The molecule has 1 fully saturated rings. The van der Waals surface area contributed by atoms with Crippen molar-refractivity contribution in [3.8, 4) is 0 Å². The molecule has 2 N–H and O–H groups in total. The molecule has 2 amide bonds. The Morgan fingerprint density at radius 3 is 2.44 bits per heavy atom. The van der Waals surface area contributed by atoms with Crippen LogP contribution in [0.25, 0.3) is 10.1 Å². The summed E-state index contributed by atoms with van der Waals surface area (Å²) in [6.07, 6.45) is 0. The lowest BCUT2D eigenvalue weighted by Gasteiger charge is -2.09. The van der Waals surface area contributed by atoms with Crippen molar-refractivity contribution in [2.24, 2.45) is 16.7 Å². The lowest BCUT2D eigenvalue weighted by atomic mass is 10.0. The summed E-state index contributed by atoms with van der Waals surface area (Å²) in [7, 11) is 0. The average molecular weight is 389 g/mol. The molecule has 1 aromatic heterocycles. The number of hydrogen-bond donors (Lipinski definition) is 2. The van der Waals surface area contributed by atoms with Crippen molar-refractivity contribution in [1.29, 1.82) is 0 Å². The number of carbonyl (C=O) groups is 2. The summed E-state index contributed by atoms with van der Waals surface area (Å²) in [5, 5.41) is 7.42. The van der Waals surface area contributed by atoms with Crippen molar-refractivity contribution in [2.75, 3.05) is 25.1 Å². The lowest BCUT2D eigenvalue weighted by Crippen LogP contribution is -2.28. The second kappa shape index (κ2) is 7.24. The molecule has 2 aromatic rings. The number of benzene rings is 1. The molecule has 6 heteroatoms. The van der Waals surface area contributed by atoms with E-state index in [1.54, 1.807) is 0 Å². The molecule has 1 saturated carbocycles. The maximum atomic E-state index is 12.9. The van der Waals surface area contributed by atoms with Crippen LogP contribution >= 0.6 is 11.3 Å². The van der Waals surface area contributed by atoms with Gasteiger partial charge in [0.15, 0.2) is 0 Å². The highest BCUT2D eigenvalue weighted by Gasteiger charge is 2.68. The number of amides is 2. The Kier molecular flexibility index (Phi) is 5.32. The van der Waals surface area contributed by atoms with Crippen LogP contribution in [0.5, 0.6) is 0 Å². The summed E-state index contributed by atoms with van der Waals surface area (Å²) in [5.74, 6) is -0.263. The minimum absolute atomic E-state index is 0.0140. The third kappa shape index (κ3) is 3.48. The quantitative estimate of drug-likeness (QED) is 0.696. The van der Waals surface area contributed by atoms with Gasteiger partial charge in [-0.3, -0.25) is 9.59 Å². The first-order valence-electron chi connectivity index (χ1n) is 9.40. The molecule has 0 saturated heterocycles. The van der Waals surface area contributed by atoms with Crippen LogP contribution in [0.4, 0.5) is 5.00 Å². The largest absolute Gasteiger partial charge is 0.380 e. The Bertz CT molecular complexity index is 855. The first-order valence-corrected chi connectivity index (χ1v) is 10.2. The second-order valence-electron chi connectivity index (χ2n) is 8.12. The lowest BCUT2D eigenvalue weighted by molar-refractivity contribution is -0.118. The molecule has 5 nitrogen and oxygen atoms in total. The van der Waals surface area contributed by atoms with Gasteiger partial charge in [0.2, 0.25) is 5.91 Å². The van der Waals surface area contributed by atoms with Gasteiger partial charge in [0.1, 0.15) is 5.00 Å². The Hall–Kier alpha value is -1.92. The predicted molar refractivity (Wildman–Crippen MR) is 110 cm³/mol. The SMILES string of the molecule is CCOCCNC(=O)c1c(NC(=O)C2C(C)(C)C2(C)C)sc2ccccc12. The minimum atomic E-state index is -0.184. The zero-order chi connectivity index (χ0) is 19.8. The summed E-state index contributed by atoms with van der Waals surface area (Å²) in [6, 6.07) is 7.74. The van der Waals surface area contributed by atoms with Crippen LogP contribution < -0.4 is 10.6 Å².